The van der Waals surface area contributed by atoms with Gasteiger partial charge in [0.1, 0.15) is 6.10 Å². The lowest BCUT2D eigenvalue weighted by Crippen LogP contribution is -2.23. The van der Waals surface area contributed by atoms with Gasteiger partial charge < -0.3 is 9.84 Å². The fourth-order valence-corrected chi connectivity index (χ4v) is 1.33. The van der Waals surface area contributed by atoms with E-state index in [0.717, 1.165) is 12.8 Å². The number of ether oxygens (including phenoxy) is 1. The molecule has 0 aliphatic carbocycles. The van der Waals surface area contributed by atoms with Crippen LogP contribution in [0.1, 0.15) is 26.7 Å². The molecule has 2 atom stereocenters. The van der Waals surface area contributed by atoms with E-state index < -0.39 is 0 Å². The van der Waals surface area contributed by atoms with E-state index in [0.29, 0.717) is 5.92 Å². The van der Waals surface area contributed by atoms with Crippen molar-refractivity contribution >= 4 is 0 Å². The molecule has 0 bridgehead atoms. The first-order valence-corrected chi connectivity index (χ1v) is 4.18. The van der Waals surface area contributed by atoms with Gasteiger partial charge in [-0.15, -0.1) is 0 Å². The maximum Gasteiger partial charge on any atom is 0.101 e. The second kappa shape index (κ2) is 3.77. The number of hydrogen-bond donors (Lipinski definition) is 1. The van der Waals surface area contributed by atoms with Crippen LogP contribution >= 0.6 is 0 Å². The van der Waals surface area contributed by atoms with Crippen molar-refractivity contribution in [2.45, 2.75) is 38.9 Å². The van der Waals surface area contributed by atoms with E-state index in [1.54, 1.807) is 12.3 Å². The van der Waals surface area contributed by atoms with Crippen LogP contribution in [0, 0.1) is 5.92 Å². The van der Waals surface area contributed by atoms with Gasteiger partial charge in [0.15, 0.2) is 0 Å². The van der Waals surface area contributed by atoms with E-state index in [9.17, 15) is 5.11 Å². The maximum atomic E-state index is 9.23. The molecule has 0 unspecified atom stereocenters. The van der Waals surface area contributed by atoms with Gasteiger partial charge in [0, 0.05) is 6.42 Å². The van der Waals surface area contributed by atoms with Gasteiger partial charge >= 0.3 is 0 Å². The van der Waals surface area contributed by atoms with Crippen molar-refractivity contribution in [3.05, 3.63) is 12.3 Å². The van der Waals surface area contributed by atoms with Gasteiger partial charge in [-0.2, -0.15) is 0 Å². The molecule has 0 radical (unpaired) electrons. The standard InChI is InChI=1S/C9H16O2/c1-7(2)5-9-6-8(10)3-4-11-9/h3-4,7-10H,5-6H2,1-2H3/t8-,9-/m1/s1. The molecule has 11 heavy (non-hydrogen) atoms. The predicted molar refractivity (Wildman–Crippen MR) is 44.1 cm³/mol. The molecule has 0 aromatic rings. The van der Waals surface area contributed by atoms with Crippen LogP contribution in [0.15, 0.2) is 12.3 Å². The molecule has 0 spiro atoms. The third-order valence-electron chi connectivity index (χ3n) is 1.81. The van der Waals surface area contributed by atoms with E-state index in [1.807, 2.05) is 0 Å². The Bertz CT molecular complexity index is 140. The largest absolute Gasteiger partial charge is 0.498 e. The van der Waals surface area contributed by atoms with Crippen molar-refractivity contribution in [2.75, 3.05) is 0 Å². The van der Waals surface area contributed by atoms with E-state index in [-0.39, 0.29) is 12.2 Å². The molecule has 0 aromatic carbocycles. The molecule has 0 saturated carbocycles. The average Bonchev–Trinajstić information content (AvgIpc) is 1.85. The summed E-state index contributed by atoms with van der Waals surface area (Å²) in [7, 11) is 0. The first-order chi connectivity index (χ1) is 5.18. The minimum absolute atomic E-state index is 0.218. The maximum absolute atomic E-state index is 9.23. The van der Waals surface area contributed by atoms with Crippen molar-refractivity contribution in [2.24, 2.45) is 5.92 Å². The van der Waals surface area contributed by atoms with Gasteiger partial charge in [-0.25, -0.2) is 0 Å². The third kappa shape index (κ3) is 2.93. The molecule has 64 valence electrons. The summed E-state index contributed by atoms with van der Waals surface area (Å²) in [5.41, 5.74) is 0. The highest BCUT2D eigenvalue weighted by Crippen LogP contribution is 2.17. The lowest BCUT2D eigenvalue weighted by molar-refractivity contribution is 0.0515. The summed E-state index contributed by atoms with van der Waals surface area (Å²) < 4.78 is 5.32. The van der Waals surface area contributed by atoms with Crippen molar-refractivity contribution < 1.29 is 9.84 Å². The van der Waals surface area contributed by atoms with E-state index >= 15 is 0 Å². The van der Waals surface area contributed by atoms with E-state index in [1.165, 1.54) is 0 Å². The van der Waals surface area contributed by atoms with E-state index in [4.69, 9.17) is 4.74 Å². The van der Waals surface area contributed by atoms with Gasteiger partial charge in [-0.3, -0.25) is 0 Å². The summed E-state index contributed by atoms with van der Waals surface area (Å²) in [6.45, 7) is 4.32. The molecule has 0 fully saturated rings. The molecule has 0 saturated heterocycles. The Labute approximate surface area is 67.9 Å². The van der Waals surface area contributed by atoms with Crippen LogP contribution in [0.5, 0.6) is 0 Å². The van der Waals surface area contributed by atoms with Gasteiger partial charge in [0.05, 0.1) is 12.4 Å². The first-order valence-electron chi connectivity index (χ1n) is 4.18. The van der Waals surface area contributed by atoms with Gasteiger partial charge in [0.2, 0.25) is 0 Å². The zero-order valence-corrected chi connectivity index (χ0v) is 7.16. The average molecular weight is 156 g/mol. The minimum atomic E-state index is -0.299. The molecule has 2 nitrogen and oxygen atoms in total. The topological polar surface area (TPSA) is 29.5 Å². The molecule has 1 N–H and O–H groups in total. The third-order valence-corrected chi connectivity index (χ3v) is 1.81. The number of aliphatic hydroxyl groups excluding tert-OH is 1. The summed E-state index contributed by atoms with van der Waals surface area (Å²) >= 11 is 0. The second-order valence-electron chi connectivity index (χ2n) is 3.52. The van der Waals surface area contributed by atoms with Gasteiger partial charge in [-0.1, -0.05) is 13.8 Å². The first kappa shape index (κ1) is 8.60. The molecular weight excluding hydrogens is 140 g/mol. The zero-order chi connectivity index (χ0) is 8.27. The minimum Gasteiger partial charge on any atom is -0.498 e. The van der Waals surface area contributed by atoms with E-state index in [2.05, 4.69) is 13.8 Å². The number of rotatable bonds is 2. The Hall–Kier alpha value is -0.500. The van der Waals surface area contributed by atoms with Crippen molar-refractivity contribution in [3.63, 3.8) is 0 Å². The highest BCUT2D eigenvalue weighted by molar-refractivity contribution is 4.90. The summed E-state index contributed by atoms with van der Waals surface area (Å²) in [5.74, 6) is 0.638. The second-order valence-corrected chi connectivity index (χ2v) is 3.52. The number of hydrogen-bond acceptors (Lipinski definition) is 2. The molecule has 1 heterocycles. The Balaban J connectivity index is 2.31. The Morgan fingerprint density at radius 3 is 2.91 bits per heavy atom. The van der Waals surface area contributed by atoms with Crippen molar-refractivity contribution in [1.29, 1.82) is 0 Å². The molecule has 0 amide bonds. The highest BCUT2D eigenvalue weighted by atomic mass is 16.5. The molecule has 1 rings (SSSR count). The molecule has 2 heteroatoms. The van der Waals surface area contributed by atoms with Crippen LogP contribution in [-0.4, -0.2) is 17.3 Å². The summed E-state index contributed by atoms with van der Waals surface area (Å²) in [6, 6.07) is 0. The summed E-state index contributed by atoms with van der Waals surface area (Å²) in [4.78, 5) is 0. The summed E-state index contributed by atoms with van der Waals surface area (Å²) in [6.07, 6.45) is 5.00. The van der Waals surface area contributed by atoms with Crippen LogP contribution in [0.3, 0.4) is 0 Å². The fraction of sp³-hybridized carbons (Fsp3) is 0.778. The van der Waals surface area contributed by atoms with Crippen molar-refractivity contribution in [3.8, 4) is 0 Å². The molecule has 1 aliphatic rings. The lowest BCUT2D eigenvalue weighted by Gasteiger charge is -2.23. The SMILES string of the molecule is CC(C)C[C@@H]1C[C@H](O)C=CO1. The van der Waals surface area contributed by atoms with Crippen molar-refractivity contribution in [1.82, 2.24) is 0 Å². The van der Waals surface area contributed by atoms with Gasteiger partial charge in [-0.05, 0) is 18.4 Å². The zero-order valence-electron chi connectivity index (χ0n) is 7.16. The summed E-state index contributed by atoms with van der Waals surface area (Å²) in [5, 5.41) is 9.23. The number of aliphatic hydroxyl groups is 1. The van der Waals surface area contributed by atoms with Crippen LogP contribution in [-0.2, 0) is 4.74 Å². The van der Waals surface area contributed by atoms with Crippen LogP contribution in [0.25, 0.3) is 0 Å². The monoisotopic (exact) mass is 156 g/mol. The quantitative estimate of drug-likeness (QED) is 0.659. The molecule has 0 aromatic heterocycles. The van der Waals surface area contributed by atoms with Gasteiger partial charge in [0.25, 0.3) is 0 Å². The fourth-order valence-electron chi connectivity index (χ4n) is 1.33. The Morgan fingerprint density at radius 1 is 1.64 bits per heavy atom. The van der Waals surface area contributed by atoms with Crippen LogP contribution in [0.2, 0.25) is 0 Å². The Morgan fingerprint density at radius 2 is 2.36 bits per heavy atom. The normalized spacial score (nSPS) is 30.5. The highest BCUT2D eigenvalue weighted by Gasteiger charge is 2.17. The predicted octanol–water partition coefficient (Wildman–Crippen LogP) is 1.70. The smallest absolute Gasteiger partial charge is 0.101 e. The Kier molecular flexibility index (Phi) is 2.94. The molecular formula is C9H16O2. The van der Waals surface area contributed by atoms with Crippen LogP contribution in [0.4, 0.5) is 0 Å². The molecule has 1 aliphatic heterocycles. The lowest BCUT2D eigenvalue weighted by atomic mass is 10.00. The van der Waals surface area contributed by atoms with Crippen LogP contribution < -0.4 is 0 Å².